The lowest BCUT2D eigenvalue weighted by Gasteiger charge is -2.14. The maximum atomic E-state index is 12.9. The first kappa shape index (κ1) is 22.5. The minimum atomic E-state index is -0.636. The Balaban J connectivity index is 1.86. The predicted octanol–water partition coefficient (Wildman–Crippen LogP) is 0.971. The molecule has 0 radical (unpaired) electrons. The van der Waals surface area contributed by atoms with Crippen molar-refractivity contribution in [2.24, 2.45) is 0 Å². The summed E-state index contributed by atoms with van der Waals surface area (Å²) in [4.78, 5) is 36.0. The molecule has 0 spiro atoms. The molecule has 0 aromatic heterocycles. The number of carbonyl (C=O) groups is 3. The number of carbonyl (C=O) groups excluding carboxylic acids is 3. The van der Waals surface area contributed by atoms with Gasteiger partial charge in [-0.25, -0.2) is 4.39 Å². The summed E-state index contributed by atoms with van der Waals surface area (Å²) in [6, 6.07) is 8.29. The Morgan fingerprint density at radius 1 is 0.867 bits per heavy atom. The smallest absolute Gasteiger partial charge is 0.257 e. The van der Waals surface area contributed by atoms with Crippen LogP contribution in [0.3, 0.4) is 0 Å². The minimum Gasteiger partial charge on any atom is -0.493 e. The van der Waals surface area contributed by atoms with Gasteiger partial charge in [-0.15, -0.1) is 0 Å². The highest BCUT2D eigenvalue weighted by Gasteiger charge is 2.17. The third kappa shape index (κ3) is 6.09. The Hall–Kier alpha value is -3.82. The first-order valence-electron chi connectivity index (χ1n) is 8.78. The van der Waals surface area contributed by atoms with E-state index in [1.807, 2.05) is 0 Å². The second-order valence-electron chi connectivity index (χ2n) is 6.00. The lowest BCUT2D eigenvalue weighted by Crippen LogP contribution is -2.46. The Bertz CT molecular complexity index is 892. The topological polar surface area (TPSA) is 115 Å². The van der Waals surface area contributed by atoms with Crippen LogP contribution in [-0.2, 0) is 16.0 Å². The van der Waals surface area contributed by atoms with Gasteiger partial charge in [0, 0.05) is 5.56 Å². The molecule has 160 valence electrons. The van der Waals surface area contributed by atoms with Crippen molar-refractivity contribution in [1.29, 1.82) is 0 Å². The van der Waals surface area contributed by atoms with Crippen LogP contribution in [0.1, 0.15) is 15.9 Å². The van der Waals surface area contributed by atoms with Crippen LogP contribution in [0.15, 0.2) is 36.4 Å². The van der Waals surface area contributed by atoms with E-state index in [-0.39, 0.29) is 18.5 Å². The molecule has 3 N–H and O–H groups in total. The molecular weight excluding hydrogens is 397 g/mol. The third-order valence-corrected chi connectivity index (χ3v) is 3.96. The number of hydrogen-bond acceptors (Lipinski definition) is 6. The number of hydrazine groups is 1. The van der Waals surface area contributed by atoms with Gasteiger partial charge in [-0.3, -0.25) is 25.2 Å². The van der Waals surface area contributed by atoms with Crippen LogP contribution in [0, 0.1) is 5.82 Å². The van der Waals surface area contributed by atoms with Crippen molar-refractivity contribution < 1.29 is 33.0 Å². The zero-order valence-electron chi connectivity index (χ0n) is 16.7. The fourth-order valence-electron chi connectivity index (χ4n) is 2.49. The van der Waals surface area contributed by atoms with Crippen molar-refractivity contribution >= 4 is 17.7 Å². The third-order valence-electron chi connectivity index (χ3n) is 3.96. The lowest BCUT2D eigenvalue weighted by molar-refractivity contribution is -0.128. The van der Waals surface area contributed by atoms with E-state index in [2.05, 4.69) is 16.2 Å². The molecule has 30 heavy (non-hydrogen) atoms. The summed E-state index contributed by atoms with van der Waals surface area (Å²) in [7, 11) is 4.27. The average Bonchev–Trinajstić information content (AvgIpc) is 2.76. The van der Waals surface area contributed by atoms with Gasteiger partial charge in [-0.05, 0) is 29.8 Å². The van der Waals surface area contributed by atoms with Crippen molar-refractivity contribution in [1.82, 2.24) is 16.2 Å². The SMILES string of the molecule is COc1cc(C(=O)NCC(=O)NNC(=O)Cc2ccc(F)cc2)cc(OC)c1OC. The van der Waals surface area contributed by atoms with Crippen molar-refractivity contribution in [3.8, 4) is 17.2 Å². The Labute approximate surface area is 172 Å². The quantitative estimate of drug-likeness (QED) is 0.550. The van der Waals surface area contributed by atoms with E-state index >= 15 is 0 Å². The van der Waals surface area contributed by atoms with Crippen LogP contribution in [-0.4, -0.2) is 45.6 Å². The second kappa shape index (κ2) is 10.6. The first-order chi connectivity index (χ1) is 14.4. The maximum absolute atomic E-state index is 12.9. The zero-order chi connectivity index (χ0) is 22.1. The summed E-state index contributed by atoms with van der Waals surface area (Å²) in [5.41, 5.74) is 5.18. The van der Waals surface area contributed by atoms with Crippen LogP contribution in [0.2, 0.25) is 0 Å². The van der Waals surface area contributed by atoms with Crippen LogP contribution in [0.5, 0.6) is 17.2 Å². The highest BCUT2D eigenvalue weighted by Crippen LogP contribution is 2.38. The standard InChI is InChI=1S/C20H22FN3O6/c1-28-15-9-13(10-16(29-2)19(15)30-3)20(27)22-11-18(26)24-23-17(25)8-12-4-6-14(21)7-5-12/h4-7,9-10H,8,11H2,1-3H3,(H,22,27)(H,23,25)(H,24,26). The molecule has 0 aliphatic carbocycles. The lowest BCUT2D eigenvalue weighted by atomic mass is 10.1. The summed E-state index contributed by atoms with van der Waals surface area (Å²) >= 11 is 0. The molecule has 3 amide bonds. The Morgan fingerprint density at radius 3 is 1.97 bits per heavy atom. The van der Waals surface area contributed by atoms with Gasteiger partial charge in [0.1, 0.15) is 5.82 Å². The van der Waals surface area contributed by atoms with Gasteiger partial charge in [-0.2, -0.15) is 0 Å². The van der Waals surface area contributed by atoms with Crippen LogP contribution in [0.4, 0.5) is 4.39 Å². The van der Waals surface area contributed by atoms with Gasteiger partial charge in [0.25, 0.3) is 11.8 Å². The van der Waals surface area contributed by atoms with Crippen LogP contribution < -0.4 is 30.4 Å². The van der Waals surface area contributed by atoms with Gasteiger partial charge in [0.2, 0.25) is 11.7 Å². The van der Waals surface area contributed by atoms with E-state index in [1.165, 1.54) is 57.7 Å². The largest absolute Gasteiger partial charge is 0.493 e. The number of amides is 3. The van der Waals surface area contributed by atoms with E-state index in [9.17, 15) is 18.8 Å². The number of ether oxygens (including phenoxy) is 3. The number of hydrogen-bond donors (Lipinski definition) is 3. The highest BCUT2D eigenvalue weighted by atomic mass is 19.1. The summed E-state index contributed by atoms with van der Waals surface area (Å²) < 4.78 is 28.4. The predicted molar refractivity (Wildman–Crippen MR) is 105 cm³/mol. The number of halogens is 1. The van der Waals surface area contributed by atoms with E-state index < -0.39 is 23.5 Å². The van der Waals surface area contributed by atoms with Crippen LogP contribution >= 0.6 is 0 Å². The molecule has 0 fully saturated rings. The average molecular weight is 419 g/mol. The summed E-state index contributed by atoms with van der Waals surface area (Å²) in [5, 5.41) is 2.42. The molecule has 0 aliphatic heterocycles. The fraction of sp³-hybridized carbons (Fsp3) is 0.250. The van der Waals surface area contributed by atoms with E-state index in [4.69, 9.17) is 14.2 Å². The second-order valence-corrected chi connectivity index (χ2v) is 6.00. The van der Waals surface area contributed by atoms with Crippen molar-refractivity contribution in [3.63, 3.8) is 0 Å². The monoisotopic (exact) mass is 419 g/mol. The van der Waals surface area contributed by atoms with Gasteiger partial charge < -0.3 is 19.5 Å². The molecule has 0 unspecified atom stereocenters. The summed E-state index contributed by atoms with van der Waals surface area (Å²) in [6.45, 7) is -0.383. The van der Waals surface area contributed by atoms with Crippen molar-refractivity contribution in [2.75, 3.05) is 27.9 Å². The molecule has 0 saturated carbocycles. The maximum Gasteiger partial charge on any atom is 0.257 e. The Kier molecular flexibility index (Phi) is 7.98. The minimum absolute atomic E-state index is 0.0433. The number of rotatable bonds is 8. The number of nitrogens with one attached hydrogen (secondary N) is 3. The Morgan fingerprint density at radius 2 is 1.43 bits per heavy atom. The molecule has 2 aromatic carbocycles. The molecule has 2 rings (SSSR count). The summed E-state index contributed by atoms with van der Waals surface area (Å²) in [6.07, 6.45) is -0.0433. The molecule has 0 atom stereocenters. The van der Waals surface area contributed by atoms with Gasteiger partial charge in [0.05, 0.1) is 34.3 Å². The van der Waals surface area contributed by atoms with E-state index in [1.54, 1.807) is 0 Å². The van der Waals surface area contributed by atoms with Crippen molar-refractivity contribution in [3.05, 3.63) is 53.3 Å². The summed E-state index contributed by atoms with van der Waals surface area (Å²) in [5.74, 6) is -1.18. The molecule has 0 bridgehead atoms. The van der Waals surface area contributed by atoms with Gasteiger partial charge in [-0.1, -0.05) is 12.1 Å². The normalized spacial score (nSPS) is 10.0. The molecule has 10 heteroatoms. The molecule has 0 aliphatic rings. The molecular formula is C20H22FN3O6. The molecule has 0 saturated heterocycles. The van der Waals surface area contributed by atoms with Gasteiger partial charge >= 0.3 is 0 Å². The van der Waals surface area contributed by atoms with Crippen LogP contribution in [0.25, 0.3) is 0 Å². The molecule has 9 nitrogen and oxygen atoms in total. The number of benzene rings is 2. The zero-order valence-corrected chi connectivity index (χ0v) is 16.7. The van der Waals surface area contributed by atoms with E-state index in [0.717, 1.165) is 0 Å². The molecule has 2 aromatic rings. The van der Waals surface area contributed by atoms with Gasteiger partial charge in [0.15, 0.2) is 11.5 Å². The molecule has 0 heterocycles. The van der Waals surface area contributed by atoms with Crippen molar-refractivity contribution in [2.45, 2.75) is 6.42 Å². The number of methoxy groups -OCH3 is 3. The first-order valence-corrected chi connectivity index (χ1v) is 8.78. The fourth-order valence-corrected chi connectivity index (χ4v) is 2.49. The van der Waals surface area contributed by atoms with E-state index in [0.29, 0.717) is 22.8 Å². The highest BCUT2D eigenvalue weighted by molar-refractivity contribution is 5.97.